The molecule has 0 aliphatic carbocycles. The minimum Gasteiger partial charge on any atom is -0.256 e. The predicted octanol–water partition coefficient (Wildman–Crippen LogP) is 5.38. The zero-order valence-corrected chi connectivity index (χ0v) is 12.9. The van der Waals surface area contributed by atoms with Crippen molar-refractivity contribution in [2.45, 2.75) is 0 Å². The van der Waals surface area contributed by atoms with Crippen LogP contribution in [0.3, 0.4) is 0 Å². The first-order chi connectivity index (χ1) is 12.1. The van der Waals surface area contributed by atoms with E-state index in [0.29, 0.717) is 0 Å². The first-order valence-corrected chi connectivity index (χ1v) is 7.59. The van der Waals surface area contributed by atoms with Gasteiger partial charge in [-0.25, -0.2) is 13.2 Å². The number of aromatic nitrogens is 2. The summed E-state index contributed by atoms with van der Waals surface area (Å²) in [6.45, 7) is 0. The molecule has 0 unspecified atom stereocenters. The number of hydrogen-bond acceptors (Lipinski definition) is 2. The summed E-state index contributed by atoms with van der Waals surface area (Å²) in [6.07, 6.45) is 3.20. The Balaban J connectivity index is 1.89. The second-order valence-electron chi connectivity index (χ2n) is 5.53. The maximum absolute atomic E-state index is 14.1. The van der Waals surface area contributed by atoms with Crippen LogP contribution in [-0.4, -0.2) is 9.97 Å². The van der Waals surface area contributed by atoms with Crippen LogP contribution in [0.2, 0.25) is 0 Å². The van der Waals surface area contributed by atoms with Crippen molar-refractivity contribution in [2.75, 3.05) is 0 Å². The molecular formula is C20H11F3N2. The molecule has 25 heavy (non-hydrogen) atoms. The fourth-order valence-electron chi connectivity index (χ4n) is 2.82. The molecule has 0 amide bonds. The number of pyridine rings is 2. The molecule has 0 bridgehead atoms. The van der Waals surface area contributed by atoms with E-state index in [2.05, 4.69) is 9.97 Å². The van der Waals surface area contributed by atoms with E-state index in [1.807, 2.05) is 30.3 Å². The molecule has 5 heteroatoms. The van der Waals surface area contributed by atoms with Crippen LogP contribution in [0.25, 0.3) is 33.3 Å². The second kappa shape index (κ2) is 6.02. The Morgan fingerprint density at radius 2 is 1.48 bits per heavy atom. The standard InChI is InChI=1S/C20H11F3N2/c21-16-6-5-15(19(22)20(16)23)18-11-12(7-9-25-18)13-8-10-24-17-4-2-1-3-14(13)17/h1-11H. The zero-order valence-electron chi connectivity index (χ0n) is 12.9. The summed E-state index contributed by atoms with van der Waals surface area (Å²) in [5.41, 5.74) is 2.66. The summed E-state index contributed by atoms with van der Waals surface area (Å²) in [6, 6.07) is 15.0. The van der Waals surface area contributed by atoms with Gasteiger partial charge in [0.05, 0.1) is 11.2 Å². The van der Waals surface area contributed by atoms with Gasteiger partial charge in [0.15, 0.2) is 17.5 Å². The first kappa shape index (κ1) is 15.3. The minimum atomic E-state index is -1.50. The van der Waals surface area contributed by atoms with Gasteiger partial charge in [-0.05, 0) is 47.5 Å². The van der Waals surface area contributed by atoms with Crippen molar-refractivity contribution in [3.8, 4) is 22.4 Å². The van der Waals surface area contributed by atoms with Crippen molar-refractivity contribution in [1.82, 2.24) is 9.97 Å². The molecule has 2 aromatic carbocycles. The van der Waals surface area contributed by atoms with Crippen LogP contribution in [-0.2, 0) is 0 Å². The lowest BCUT2D eigenvalue weighted by molar-refractivity contribution is 0.449. The number of rotatable bonds is 2. The van der Waals surface area contributed by atoms with Crippen LogP contribution in [0.5, 0.6) is 0 Å². The van der Waals surface area contributed by atoms with Gasteiger partial charge >= 0.3 is 0 Å². The number of benzene rings is 2. The van der Waals surface area contributed by atoms with Crippen LogP contribution in [0.1, 0.15) is 0 Å². The minimum absolute atomic E-state index is 0.0842. The molecule has 4 rings (SSSR count). The van der Waals surface area contributed by atoms with Gasteiger partial charge in [0.25, 0.3) is 0 Å². The summed E-state index contributed by atoms with van der Waals surface area (Å²) in [7, 11) is 0. The normalized spacial score (nSPS) is 11.0. The molecule has 0 atom stereocenters. The maximum Gasteiger partial charge on any atom is 0.195 e. The second-order valence-corrected chi connectivity index (χ2v) is 5.53. The molecule has 2 aromatic heterocycles. The summed E-state index contributed by atoms with van der Waals surface area (Å²) in [4.78, 5) is 8.42. The third kappa shape index (κ3) is 2.63. The highest BCUT2D eigenvalue weighted by atomic mass is 19.2. The van der Waals surface area contributed by atoms with E-state index in [4.69, 9.17) is 0 Å². The molecule has 0 aliphatic rings. The number of fused-ring (bicyclic) bond motifs is 1. The number of nitrogens with zero attached hydrogens (tertiary/aromatic N) is 2. The molecule has 0 fully saturated rings. The summed E-state index contributed by atoms with van der Waals surface area (Å²) in [5.74, 6) is -3.97. The van der Waals surface area contributed by atoms with Crippen molar-refractivity contribution in [2.24, 2.45) is 0 Å². The van der Waals surface area contributed by atoms with Crippen LogP contribution >= 0.6 is 0 Å². The lowest BCUT2D eigenvalue weighted by Crippen LogP contribution is -1.95. The van der Waals surface area contributed by atoms with E-state index in [9.17, 15) is 13.2 Å². The highest BCUT2D eigenvalue weighted by Gasteiger charge is 2.16. The molecule has 122 valence electrons. The van der Waals surface area contributed by atoms with Gasteiger partial charge in [-0.3, -0.25) is 9.97 Å². The van der Waals surface area contributed by atoms with Gasteiger partial charge in [0.2, 0.25) is 0 Å². The first-order valence-electron chi connectivity index (χ1n) is 7.59. The molecule has 2 nitrogen and oxygen atoms in total. The van der Waals surface area contributed by atoms with Crippen molar-refractivity contribution < 1.29 is 13.2 Å². The Kier molecular flexibility index (Phi) is 3.69. The lowest BCUT2D eigenvalue weighted by Gasteiger charge is -2.09. The Hall–Kier alpha value is -3.21. The molecule has 0 spiro atoms. The molecule has 4 aromatic rings. The molecule has 2 heterocycles. The van der Waals surface area contributed by atoms with Gasteiger partial charge in [0.1, 0.15) is 0 Å². The van der Waals surface area contributed by atoms with Crippen LogP contribution < -0.4 is 0 Å². The third-order valence-electron chi connectivity index (χ3n) is 4.03. The van der Waals surface area contributed by atoms with Crippen molar-refractivity contribution in [3.05, 3.63) is 84.4 Å². The van der Waals surface area contributed by atoms with Crippen molar-refractivity contribution in [3.63, 3.8) is 0 Å². The third-order valence-corrected chi connectivity index (χ3v) is 4.03. The predicted molar refractivity (Wildman–Crippen MR) is 90.3 cm³/mol. The molecule has 0 saturated heterocycles. The smallest absolute Gasteiger partial charge is 0.195 e. The van der Waals surface area contributed by atoms with E-state index in [-0.39, 0.29) is 11.3 Å². The average Bonchev–Trinajstić information content (AvgIpc) is 2.66. The summed E-state index contributed by atoms with van der Waals surface area (Å²) < 4.78 is 40.7. The van der Waals surface area contributed by atoms with E-state index in [1.165, 1.54) is 12.3 Å². The summed E-state index contributed by atoms with van der Waals surface area (Å²) >= 11 is 0. The van der Waals surface area contributed by atoms with Gasteiger partial charge < -0.3 is 0 Å². The van der Waals surface area contributed by atoms with E-state index in [1.54, 1.807) is 18.3 Å². The molecule has 0 aliphatic heterocycles. The maximum atomic E-state index is 14.1. The fraction of sp³-hybridized carbons (Fsp3) is 0. The highest BCUT2D eigenvalue weighted by Crippen LogP contribution is 2.31. The van der Waals surface area contributed by atoms with Crippen LogP contribution in [0.4, 0.5) is 13.2 Å². The Labute approximate surface area is 141 Å². The van der Waals surface area contributed by atoms with E-state index in [0.717, 1.165) is 28.1 Å². The Morgan fingerprint density at radius 1 is 0.680 bits per heavy atom. The Bertz CT molecular complexity index is 1090. The molecule has 0 radical (unpaired) electrons. The fourth-order valence-corrected chi connectivity index (χ4v) is 2.82. The van der Waals surface area contributed by atoms with Gasteiger partial charge in [-0.1, -0.05) is 18.2 Å². The molecule has 0 N–H and O–H groups in total. The van der Waals surface area contributed by atoms with Gasteiger partial charge in [-0.2, -0.15) is 0 Å². The van der Waals surface area contributed by atoms with Gasteiger partial charge in [-0.15, -0.1) is 0 Å². The molecule has 0 saturated carbocycles. The van der Waals surface area contributed by atoms with E-state index < -0.39 is 17.5 Å². The van der Waals surface area contributed by atoms with Crippen LogP contribution in [0, 0.1) is 17.5 Å². The number of halogens is 3. The lowest BCUT2D eigenvalue weighted by atomic mass is 10.00. The average molecular weight is 336 g/mol. The highest BCUT2D eigenvalue weighted by molar-refractivity contribution is 5.94. The van der Waals surface area contributed by atoms with Crippen LogP contribution in [0.15, 0.2) is 67.0 Å². The monoisotopic (exact) mass is 336 g/mol. The van der Waals surface area contributed by atoms with Crippen molar-refractivity contribution in [1.29, 1.82) is 0 Å². The molecular weight excluding hydrogens is 325 g/mol. The van der Waals surface area contributed by atoms with E-state index >= 15 is 0 Å². The SMILES string of the molecule is Fc1ccc(-c2cc(-c3ccnc4ccccc34)ccn2)c(F)c1F. The zero-order chi connectivity index (χ0) is 17.4. The topological polar surface area (TPSA) is 25.8 Å². The Morgan fingerprint density at radius 3 is 2.36 bits per heavy atom. The number of para-hydroxylation sites is 1. The van der Waals surface area contributed by atoms with Gasteiger partial charge in [0, 0.05) is 23.3 Å². The quantitative estimate of drug-likeness (QED) is 0.459. The number of hydrogen-bond donors (Lipinski definition) is 0. The van der Waals surface area contributed by atoms with Crippen molar-refractivity contribution >= 4 is 10.9 Å². The largest absolute Gasteiger partial charge is 0.256 e. The summed E-state index contributed by atoms with van der Waals surface area (Å²) in [5, 5.41) is 0.938.